The van der Waals surface area contributed by atoms with Crippen LogP contribution in [0, 0.1) is 0 Å². The topological polar surface area (TPSA) is 48.0 Å². The lowest BCUT2D eigenvalue weighted by molar-refractivity contribution is 0.00578. The van der Waals surface area contributed by atoms with E-state index in [2.05, 4.69) is 0 Å². The highest BCUT2D eigenvalue weighted by Gasteiger charge is 2.52. The Hall–Kier alpha value is -1.08. The average molecular weight is 352 g/mol. The molecule has 3 rings (SSSR count). The lowest BCUT2D eigenvalue weighted by Gasteiger charge is -2.32. The van der Waals surface area contributed by atoms with Crippen LogP contribution < -0.4 is 5.46 Å². The molecule has 2 fully saturated rings. The number of rotatable bonds is 2. The number of morpholine rings is 1. The second kappa shape index (κ2) is 6.34. The first-order valence-electron chi connectivity index (χ1n) is 8.23. The molecule has 0 spiro atoms. The predicted octanol–water partition coefficient (Wildman–Crippen LogP) is 2.11. The van der Waals surface area contributed by atoms with E-state index in [4.69, 9.17) is 25.6 Å². The molecule has 0 bridgehead atoms. The van der Waals surface area contributed by atoms with E-state index in [1.807, 2.05) is 33.8 Å². The molecule has 0 radical (unpaired) electrons. The predicted molar refractivity (Wildman–Crippen MR) is 93.9 cm³/mol. The van der Waals surface area contributed by atoms with Crippen molar-refractivity contribution in [2.75, 3.05) is 26.3 Å². The van der Waals surface area contributed by atoms with Gasteiger partial charge in [0.25, 0.3) is 5.91 Å². The van der Waals surface area contributed by atoms with Crippen LogP contribution in [0.1, 0.15) is 38.1 Å². The fourth-order valence-electron chi connectivity index (χ4n) is 2.77. The zero-order valence-electron chi connectivity index (χ0n) is 14.6. The molecule has 2 aliphatic rings. The van der Waals surface area contributed by atoms with Crippen LogP contribution in [0.3, 0.4) is 0 Å². The highest BCUT2D eigenvalue weighted by atomic mass is 35.5. The number of amides is 1. The Kier molecular flexibility index (Phi) is 4.68. The summed E-state index contributed by atoms with van der Waals surface area (Å²) in [5.74, 6) is -0.0272. The van der Waals surface area contributed by atoms with E-state index in [9.17, 15) is 4.79 Å². The maximum absolute atomic E-state index is 12.5. The fraction of sp³-hybridized carbons (Fsp3) is 0.588. The first-order valence-corrected chi connectivity index (χ1v) is 8.61. The van der Waals surface area contributed by atoms with Crippen molar-refractivity contribution < 1.29 is 18.8 Å². The van der Waals surface area contributed by atoms with E-state index in [1.54, 1.807) is 17.0 Å². The summed E-state index contributed by atoms with van der Waals surface area (Å²) in [6, 6.07) is 5.29. The van der Waals surface area contributed by atoms with Crippen LogP contribution in [0.25, 0.3) is 0 Å². The molecule has 0 aliphatic carbocycles. The van der Waals surface area contributed by atoms with Gasteiger partial charge in [0.15, 0.2) is 0 Å². The van der Waals surface area contributed by atoms with Crippen LogP contribution in [0.4, 0.5) is 0 Å². The van der Waals surface area contributed by atoms with Crippen LogP contribution in [0.15, 0.2) is 18.2 Å². The molecule has 0 aromatic heterocycles. The highest BCUT2D eigenvalue weighted by molar-refractivity contribution is 6.65. The first-order chi connectivity index (χ1) is 11.2. The van der Waals surface area contributed by atoms with Crippen LogP contribution in [-0.4, -0.2) is 55.4 Å². The van der Waals surface area contributed by atoms with Crippen molar-refractivity contribution in [1.29, 1.82) is 0 Å². The summed E-state index contributed by atoms with van der Waals surface area (Å²) < 4.78 is 17.3. The summed E-state index contributed by atoms with van der Waals surface area (Å²) in [6.45, 7) is 10.4. The largest absolute Gasteiger partial charge is 0.496 e. The number of hydrogen-bond donors (Lipinski definition) is 0. The Labute approximate surface area is 148 Å². The Balaban J connectivity index is 1.79. The molecular weight excluding hydrogens is 328 g/mol. The van der Waals surface area contributed by atoms with Crippen molar-refractivity contribution in [2.24, 2.45) is 0 Å². The number of carbonyl (C=O) groups is 1. The fourth-order valence-corrected chi connectivity index (χ4v) is 3.04. The summed E-state index contributed by atoms with van der Waals surface area (Å²) in [6.07, 6.45) is 0. The monoisotopic (exact) mass is 351 g/mol. The second-order valence-electron chi connectivity index (χ2n) is 7.23. The van der Waals surface area contributed by atoms with Gasteiger partial charge in [-0.15, -0.1) is 0 Å². The summed E-state index contributed by atoms with van der Waals surface area (Å²) in [5, 5.41) is 0.479. The van der Waals surface area contributed by atoms with Crippen molar-refractivity contribution >= 4 is 30.1 Å². The summed E-state index contributed by atoms with van der Waals surface area (Å²) in [4.78, 5) is 14.3. The Morgan fingerprint density at radius 3 is 2.25 bits per heavy atom. The van der Waals surface area contributed by atoms with Gasteiger partial charge in [-0.1, -0.05) is 17.7 Å². The Morgan fingerprint density at radius 2 is 1.71 bits per heavy atom. The van der Waals surface area contributed by atoms with Crippen molar-refractivity contribution in [3.8, 4) is 0 Å². The van der Waals surface area contributed by atoms with Crippen molar-refractivity contribution in [2.45, 2.75) is 38.9 Å². The van der Waals surface area contributed by atoms with Gasteiger partial charge in [-0.2, -0.15) is 0 Å². The average Bonchev–Trinajstić information content (AvgIpc) is 2.75. The number of halogens is 1. The molecule has 0 N–H and O–H groups in total. The van der Waals surface area contributed by atoms with E-state index in [0.29, 0.717) is 36.9 Å². The quantitative estimate of drug-likeness (QED) is 0.766. The second-order valence-corrected chi connectivity index (χ2v) is 7.64. The number of carbonyl (C=O) groups excluding carboxylic acids is 1. The number of nitrogens with zero attached hydrogens (tertiary/aromatic N) is 1. The molecule has 1 aromatic carbocycles. The molecular formula is C17H23BClNO4. The van der Waals surface area contributed by atoms with Crippen molar-refractivity contribution in [3.05, 3.63) is 28.8 Å². The SMILES string of the molecule is CC1(C)OB(c2ccc(C(=O)N3CCOCC3)cc2Cl)OC1(C)C. The molecule has 2 saturated heterocycles. The molecule has 130 valence electrons. The molecule has 1 aromatic rings. The number of ether oxygens (including phenoxy) is 1. The van der Waals surface area contributed by atoms with Crippen molar-refractivity contribution in [1.82, 2.24) is 4.90 Å². The summed E-state index contributed by atoms with van der Waals surface area (Å²) >= 11 is 6.42. The van der Waals surface area contributed by atoms with E-state index < -0.39 is 18.3 Å². The van der Waals surface area contributed by atoms with Gasteiger partial charge in [0.2, 0.25) is 0 Å². The third-order valence-corrected chi connectivity index (χ3v) is 5.38. The highest BCUT2D eigenvalue weighted by Crippen LogP contribution is 2.37. The molecule has 0 saturated carbocycles. The maximum Gasteiger partial charge on any atom is 0.496 e. The Morgan fingerprint density at radius 1 is 1.12 bits per heavy atom. The van der Waals surface area contributed by atoms with Crippen LogP contribution in [0.2, 0.25) is 5.02 Å². The molecule has 24 heavy (non-hydrogen) atoms. The zero-order valence-corrected chi connectivity index (χ0v) is 15.4. The molecule has 2 aliphatic heterocycles. The van der Waals surface area contributed by atoms with Crippen LogP contribution in [0.5, 0.6) is 0 Å². The Bertz CT molecular complexity index is 627. The lowest BCUT2D eigenvalue weighted by Crippen LogP contribution is -2.41. The number of benzene rings is 1. The number of hydrogen-bond acceptors (Lipinski definition) is 4. The van der Waals surface area contributed by atoms with E-state index >= 15 is 0 Å². The molecule has 7 heteroatoms. The summed E-state index contributed by atoms with van der Waals surface area (Å²) in [5.41, 5.74) is 0.461. The normalized spacial score (nSPS) is 22.7. The lowest BCUT2D eigenvalue weighted by atomic mass is 9.78. The van der Waals surface area contributed by atoms with Crippen LogP contribution >= 0.6 is 11.6 Å². The van der Waals surface area contributed by atoms with Gasteiger partial charge in [0.05, 0.1) is 24.4 Å². The van der Waals surface area contributed by atoms with Crippen molar-refractivity contribution in [3.63, 3.8) is 0 Å². The van der Waals surface area contributed by atoms with Gasteiger partial charge in [0.1, 0.15) is 0 Å². The molecule has 0 unspecified atom stereocenters. The van der Waals surface area contributed by atoms with E-state index in [-0.39, 0.29) is 5.91 Å². The standard InChI is InChI=1S/C17H23BClNO4/c1-16(2)17(3,4)24-18(23-16)13-6-5-12(11-14(13)19)15(21)20-7-9-22-10-8-20/h5-6,11H,7-10H2,1-4H3. The minimum absolute atomic E-state index is 0.0272. The van der Waals surface area contributed by atoms with Gasteiger partial charge < -0.3 is 18.9 Å². The van der Waals surface area contributed by atoms with Crippen LogP contribution in [-0.2, 0) is 14.0 Å². The van der Waals surface area contributed by atoms with E-state index in [0.717, 1.165) is 5.46 Å². The van der Waals surface area contributed by atoms with Gasteiger partial charge >= 0.3 is 7.12 Å². The van der Waals surface area contributed by atoms with Gasteiger partial charge in [-0.25, -0.2) is 0 Å². The van der Waals surface area contributed by atoms with Gasteiger partial charge in [0, 0.05) is 29.1 Å². The smallest absolute Gasteiger partial charge is 0.399 e. The minimum Gasteiger partial charge on any atom is -0.399 e. The summed E-state index contributed by atoms with van der Waals surface area (Å²) in [7, 11) is -0.532. The molecule has 5 nitrogen and oxygen atoms in total. The molecule has 2 heterocycles. The molecule has 0 atom stereocenters. The third-order valence-electron chi connectivity index (χ3n) is 5.05. The minimum atomic E-state index is -0.532. The van der Waals surface area contributed by atoms with Gasteiger partial charge in [-0.05, 0) is 39.8 Å². The first kappa shape index (κ1) is 17.7. The third kappa shape index (κ3) is 3.20. The molecule has 1 amide bonds. The zero-order chi connectivity index (χ0) is 17.5. The van der Waals surface area contributed by atoms with Gasteiger partial charge in [-0.3, -0.25) is 4.79 Å². The van der Waals surface area contributed by atoms with E-state index in [1.165, 1.54) is 0 Å². The maximum atomic E-state index is 12.5.